The lowest BCUT2D eigenvalue weighted by atomic mass is 9.66. The highest BCUT2D eigenvalue weighted by molar-refractivity contribution is 6.35. The number of nitrogens with zero attached hydrogens (tertiary/aromatic N) is 2. The average molecular weight is 467 g/mol. The second kappa shape index (κ2) is 7.88. The van der Waals surface area contributed by atoms with Crippen LogP contribution < -0.4 is 4.74 Å². The molecule has 0 spiro atoms. The number of fused-ring (bicyclic) bond motifs is 1. The summed E-state index contributed by atoms with van der Waals surface area (Å²) in [7, 11) is 0. The summed E-state index contributed by atoms with van der Waals surface area (Å²) in [5, 5.41) is 15.3. The molecule has 10 heteroatoms. The van der Waals surface area contributed by atoms with Crippen molar-refractivity contribution in [3.63, 3.8) is 0 Å². The number of alkyl halides is 3. The molecular formula is C20H23Cl2F3N2O3. The van der Waals surface area contributed by atoms with Gasteiger partial charge in [-0.3, -0.25) is 4.79 Å². The zero-order chi connectivity index (χ0) is 22.5. The maximum Gasteiger partial charge on any atom is 0.439 e. The zero-order valence-electron chi connectivity index (χ0n) is 16.8. The van der Waals surface area contributed by atoms with E-state index in [0.29, 0.717) is 17.9 Å². The van der Waals surface area contributed by atoms with Gasteiger partial charge in [0.1, 0.15) is 5.75 Å². The fourth-order valence-electron chi connectivity index (χ4n) is 4.05. The third kappa shape index (κ3) is 4.14. The largest absolute Gasteiger partial charge is 0.482 e. The maximum absolute atomic E-state index is 14.0. The molecule has 1 N–H and O–H groups in total. The molecule has 0 aromatic heterocycles. The summed E-state index contributed by atoms with van der Waals surface area (Å²) in [6.45, 7) is 5.09. The highest BCUT2D eigenvalue weighted by atomic mass is 35.5. The first-order valence-electron chi connectivity index (χ1n) is 9.52. The van der Waals surface area contributed by atoms with E-state index in [1.807, 2.05) is 20.8 Å². The quantitative estimate of drug-likeness (QED) is 0.658. The van der Waals surface area contributed by atoms with Crippen molar-refractivity contribution < 1.29 is 27.8 Å². The molecule has 1 heterocycles. The second-order valence-electron chi connectivity index (χ2n) is 8.77. The van der Waals surface area contributed by atoms with Gasteiger partial charge in [-0.1, -0.05) is 44.0 Å². The minimum Gasteiger partial charge on any atom is -0.482 e. The van der Waals surface area contributed by atoms with E-state index >= 15 is 0 Å². The van der Waals surface area contributed by atoms with E-state index in [1.54, 1.807) is 0 Å². The van der Waals surface area contributed by atoms with E-state index in [4.69, 9.17) is 27.9 Å². The van der Waals surface area contributed by atoms with Crippen LogP contribution in [0.5, 0.6) is 5.75 Å². The van der Waals surface area contributed by atoms with Crippen molar-refractivity contribution in [3.05, 3.63) is 28.2 Å². The number of ether oxygens (including phenoxy) is 1. The van der Waals surface area contributed by atoms with Crippen molar-refractivity contribution in [2.45, 2.75) is 51.9 Å². The van der Waals surface area contributed by atoms with Crippen molar-refractivity contribution in [1.82, 2.24) is 5.01 Å². The van der Waals surface area contributed by atoms with E-state index in [1.165, 1.54) is 18.2 Å². The van der Waals surface area contributed by atoms with Crippen LogP contribution in [-0.4, -0.2) is 40.2 Å². The smallest absolute Gasteiger partial charge is 0.439 e. The highest BCUT2D eigenvalue weighted by Gasteiger charge is 2.69. The fraction of sp³-hybridized carbons (Fsp3) is 0.600. The van der Waals surface area contributed by atoms with E-state index in [0.717, 1.165) is 0 Å². The van der Waals surface area contributed by atoms with Gasteiger partial charge in [0.15, 0.2) is 6.61 Å². The molecule has 1 aromatic rings. The number of halogens is 5. The molecule has 1 aliphatic heterocycles. The maximum atomic E-state index is 14.0. The van der Waals surface area contributed by atoms with Gasteiger partial charge in [0.2, 0.25) is 0 Å². The van der Waals surface area contributed by atoms with Crippen LogP contribution in [0, 0.1) is 17.3 Å². The summed E-state index contributed by atoms with van der Waals surface area (Å²) in [4.78, 5) is 12.6. The van der Waals surface area contributed by atoms with E-state index in [9.17, 15) is 23.1 Å². The Kier molecular flexibility index (Phi) is 6.08. The summed E-state index contributed by atoms with van der Waals surface area (Å²) in [6.07, 6.45) is -4.06. The molecule has 3 atom stereocenters. The van der Waals surface area contributed by atoms with Crippen molar-refractivity contribution in [2.75, 3.05) is 6.61 Å². The molecule has 1 saturated carbocycles. The molecule has 0 radical (unpaired) electrons. The number of aliphatic hydroxyl groups is 1. The van der Waals surface area contributed by atoms with Crippen molar-refractivity contribution in [2.24, 2.45) is 22.4 Å². The predicted octanol–water partition coefficient (Wildman–Crippen LogP) is 5.28. The SMILES string of the molecule is CC(C)(C)[C@@H]1CCC2=NN(C(=O)COc3ccc(Cl)cc3Cl)[C@](O)(C(F)(F)F)[C@@H]2C1. The van der Waals surface area contributed by atoms with E-state index < -0.39 is 30.3 Å². The monoisotopic (exact) mass is 466 g/mol. The molecule has 5 nitrogen and oxygen atoms in total. The topological polar surface area (TPSA) is 62.1 Å². The molecule has 3 rings (SSSR count). The van der Waals surface area contributed by atoms with Crippen LogP contribution in [0.15, 0.2) is 23.3 Å². The Morgan fingerprint density at radius 1 is 1.33 bits per heavy atom. The Morgan fingerprint density at radius 3 is 2.57 bits per heavy atom. The Balaban J connectivity index is 1.84. The first-order valence-corrected chi connectivity index (χ1v) is 10.3. The first kappa shape index (κ1) is 23.2. The summed E-state index contributed by atoms with van der Waals surface area (Å²) in [5.74, 6) is -2.38. The summed E-state index contributed by atoms with van der Waals surface area (Å²) in [6, 6.07) is 4.25. The van der Waals surface area contributed by atoms with Gasteiger partial charge in [0.05, 0.1) is 10.9 Å². The normalized spacial score (nSPS) is 27.0. The molecule has 1 aliphatic carbocycles. The Hall–Kier alpha value is -1.51. The van der Waals surface area contributed by atoms with E-state index in [-0.39, 0.29) is 39.2 Å². The average Bonchev–Trinajstić information content (AvgIpc) is 2.93. The molecule has 0 unspecified atom stereocenters. The van der Waals surface area contributed by atoms with Crippen molar-refractivity contribution in [1.29, 1.82) is 0 Å². The minimum atomic E-state index is -5.09. The Morgan fingerprint density at radius 2 is 2.00 bits per heavy atom. The lowest BCUT2D eigenvalue weighted by Gasteiger charge is -2.42. The van der Waals surface area contributed by atoms with Gasteiger partial charge in [-0.15, -0.1) is 0 Å². The van der Waals surface area contributed by atoms with Crippen LogP contribution >= 0.6 is 23.2 Å². The summed E-state index contributed by atoms with van der Waals surface area (Å²) >= 11 is 11.8. The number of hydrogen-bond acceptors (Lipinski definition) is 4. The lowest BCUT2D eigenvalue weighted by Crippen LogP contribution is -2.62. The summed E-state index contributed by atoms with van der Waals surface area (Å²) in [5.41, 5.74) is -3.45. The molecule has 0 saturated heterocycles. The zero-order valence-corrected chi connectivity index (χ0v) is 18.3. The van der Waals surface area contributed by atoms with Crippen LogP contribution in [0.1, 0.15) is 40.0 Å². The number of benzene rings is 1. The second-order valence-corrected chi connectivity index (χ2v) is 9.62. The van der Waals surface area contributed by atoms with Crippen LogP contribution in [0.4, 0.5) is 13.2 Å². The molecule has 166 valence electrons. The van der Waals surface area contributed by atoms with Gasteiger partial charge >= 0.3 is 6.18 Å². The molecule has 30 heavy (non-hydrogen) atoms. The van der Waals surface area contributed by atoms with E-state index in [2.05, 4.69) is 5.10 Å². The highest BCUT2D eigenvalue weighted by Crippen LogP contribution is 2.51. The number of amides is 1. The fourth-order valence-corrected chi connectivity index (χ4v) is 4.51. The number of rotatable bonds is 3. The Bertz CT molecular complexity index is 870. The van der Waals surface area contributed by atoms with Gasteiger partial charge < -0.3 is 9.84 Å². The first-order chi connectivity index (χ1) is 13.7. The molecule has 2 aliphatic rings. The predicted molar refractivity (Wildman–Crippen MR) is 108 cm³/mol. The number of carbonyl (C=O) groups is 1. The van der Waals surface area contributed by atoms with Gasteiger partial charge in [-0.05, 0) is 48.8 Å². The number of carbonyl (C=O) groups excluding carboxylic acids is 1. The molecule has 1 fully saturated rings. The van der Waals surface area contributed by atoms with Crippen LogP contribution in [-0.2, 0) is 4.79 Å². The number of hydrazone groups is 1. The van der Waals surface area contributed by atoms with Gasteiger partial charge in [-0.25, -0.2) is 0 Å². The molecular weight excluding hydrogens is 444 g/mol. The van der Waals surface area contributed by atoms with Crippen LogP contribution in [0.2, 0.25) is 10.0 Å². The van der Waals surface area contributed by atoms with Gasteiger partial charge in [0, 0.05) is 10.7 Å². The van der Waals surface area contributed by atoms with Crippen molar-refractivity contribution in [3.8, 4) is 5.75 Å². The number of hydrogen-bond donors (Lipinski definition) is 1. The van der Waals surface area contributed by atoms with Crippen molar-refractivity contribution >= 4 is 34.8 Å². The standard InChI is InChI=1S/C20H23Cl2F3N2O3/c1-18(2,3)11-4-6-15-13(8-11)19(29,20(23,24)25)27(26-15)17(28)10-30-16-7-5-12(21)9-14(16)22/h5,7,9,11,13,29H,4,6,8,10H2,1-3H3/t11-,13-,19-/m1/s1. The lowest BCUT2D eigenvalue weighted by molar-refractivity contribution is -0.318. The van der Waals surface area contributed by atoms with Crippen LogP contribution in [0.3, 0.4) is 0 Å². The molecule has 0 bridgehead atoms. The summed E-state index contributed by atoms with van der Waals surface area (Å²) < 4.78 is 47.4. The molecule has 1 amide bonds. The third-order valence-electron chi connectivity index (χ3n) is 5.83. The van der Waals surface area contributed by atoms with Crippen LogP contribution in [0.25, 0.3) is 0 Å². The minimum absolute atomic E-state index is 0.0468. The van der Waals surface area contributed by atoms with Gasteiger partial charge in [-0.2, -0.15) is 23.3 Å². The van der Waals surface area contributed by atoms with Gasteiger partial charge in [0.25, 0.3) is 11.6 Å². The third-order valence-corrected chi connectivity index (χ3v) is 6.36. The molecule has 1 aromatic carbocycles. The Labute approximate surface area is 182 Å².